The van der Waals surface area contributed by atoms with Crippen LogP contribution in [0.25, 0.3) is 0 Å². The summed E-state index contributed by atoms with van der Waals surface area (Å²) in [6, 6.07) is 14.4. The van der Waals surface area contributed by atoms with Crippen LogP contribution in [0.3, 0.4) is 0 Å². The molecule has 2 rings (SSSR count). The Morgan fingerprint density at radius 3 is 2.28 bits per heavy atom. The molecule has 2 aromatic carbocycles. The highest BCUT2D eigenvalue weighted by atomic mass is 32.2. The van der Waals surface area contributed by atoms with Crippen LogP contribution in [0.1, 0.15) is 18.1 Å². The maximum atomic E-state index is 12.5. The fourth-order valence-corrected chi connectivity index (χ4v) is 3.43. The third-order valence-corrected chi connectivity index (χ3v) is 5.86. The van der Waals surface area contributed by atoms with Gasteiger partial charge in [0.05, 0.1) is 16.5 Å². The Kier molecular flexibility index (Phi) is 7.09. The van der Waals surface area contributed by atoms with Gasteiger partial charge < -0.3 is 10.1 Å². The number of likely N-dealkylation sites (N-methyl/N-ethyl adjacent to an activating group) is 1. The van der Waals surface area contributed by atoms with Crippen LogP contribution >= 0.6 is 0 Å². The summed E-state index contributed by atoms with van der Waals surface area (Å²) in [5.74, 6) is -1.43. The zero-order valence-corrected chi connectivity index (χ0v) is 17.1. The Bertz CT molecular complexity index is 1030. The van der Waals surface area contributed by atoms with Crippen LogP contribution in [0, 0.1) is 18.3 Å². The highest BCUT2D eigenvalue weighted by Crippen LogP contribution is 2.15. The number of nitrogens with one attached hydrogen (secondary N) is 1. The Labute approximate surface area is 169 Å². The second-order valence-corrected chi connectivity index (χ2v) is 8.43. The number of esters is 1. The smallest absolute Gasteiger partial charge is 0.322 e. The third-order valence-electron chi connectivity index (χ3n) is 4.04. The van der Waals surface area contributed by atoms with Gasteiger partial charge in [-0.3, -0.25) is 9.59 Å². The number of nitriles is 1. The molecule has 0 saturated carbocycles. The summed E-state index contributed by atoms with van der Waals surface area (Å²) in [5, 5.41) is 11.3. The first kappa shape index (κ1) is 22.1. The van der Waals surface area contributed by atoms with Crippen molar-refractivity contribution in [3.63, 3.8) is 0 Å². The number of amides is 1. The maximum Gasteiger partial charge on any atom is 0.322 e. The van der Waals surface area contributed by atoms with Crippen molar-refractivity contribution >= 4 is 27.6 Å². The number of nitrogens with zero attached hydrogens (tertiary/aromatic N) is 2. The van der Waals surface area contributed by atoms with E-state index >= 15 is 0 Å². The van der Waals surface area contributed by atoms with Crippen LogP contribution < -0.4 is 5.32 Å². The van der Waals surface area contributed by atoms with Gasteiger partial charge in [0.25, 0.3) is 5.91 Å². The quantitative estimate of drug-likeness (QED) is 0.692. The van der Waals surface area contributed by atoms with E-state index in [-0.39, 0.29) is 4.90 Å². The second-order valence-electron chi connectivity index (χ2n) is 6.38. The highest BCUT2D eigenvalue weighted by molar-refractivity contribution is 7.89. The van der Waals surface area contributed by atoms with E-state index in [1.54, 1.807) is 24.3 Å². The van der Waals surface area contributed by atoms with Crippen LogP contribution in [0.4, 0.5) is 5.69 Å². The van der Waals surface area contributed by atoms with E-state index in [9.17, 15) is 18.0 Å². The molecule has 0 fully saturated rings. The molecule has 9 heteroatoms. The van der Waals surface area contributed by atoms with Gasteiger partial charge in [-0.25, -0.2) is 8.42 Å². The third kappa shape index (κ3) is 5.88. The maximum absolute atomic E-state index is 12.5. The van der Waals surface area contributed by atoms with E-state index in [4.69, 9.17) is 10.00 Å². The first-order valence-corrected chi connectivity index (χ1v) is 10.1. The Hall–Kier alpha value is -3.22. The van der Waals surface area contributed by atoms with Crippen molar-refractivity contribution in [2.24, 2.45) is 0 Å². The van der Waals surface area contributed by atoms with Crippen molar-refractivity contribution in [1.29, 1.82) is 5.26 Å². The van der Waals surface area contributed by atoms with Crippen molar-refractivity contribution < 1.29 is 22.7 Å². The number of anilines is 1. The number of carbonyl (C=O) groups excluding carboxylic acids is 2. The molecule has 0 saturated heterocycles. The highest BCUT2D eigenvalue weighted by Gasteiger charge is 2.25. The molecule has 0 spiro atoms. The van der Waals surface area contributed by atoms with Crippen LogP contribution in [0.5, 0.6) is 0 Å². The molecule has 0 unspecified atom stereocenters. The SMILES string of the molecule is Cc1ccc(S(=O)(=O)N(C)CC(=O)O[C@@H](C)C(=O)Nc2ccc(C#N)cc2)cc1. The fourth-order valence-electron chi connectivity index (χ4n) is 2.32. The summed E-state index contributed by atoms with van der Waals surface area (Å²) >= 11 is 0. The largest absolute Gasteiger partial charge is 0.452 e. The van der Waals surface area contributed by atoms with Gasteiger partial charge in [-0.1, -0.05) is 17.7 Å². The van der Waals surface area contributed by atoms with Gasteiger partial charge in [0, 0.05) is 12.7 Å². The minimum Gasteiger partial charge on any atom is -0.452 e. The number of rotatable bonds is 7. The lowest BCUT2D eigenvalue weighted by atomic mass is 10.2. The average Bonchev–Trinajstić information content (AvgIpc) is 2.68. The number of benzene rings is 2. The molecule has 8 nitrogen and oxygen atoms in total. The molecule has 0 aliphatic rings. The monoisotopic (exact) mass is 415 g/mol. The zero-order chi connectivity index (χ0) is 21.6. The Balaban J connectivity index is 1.93. The Morgan fingerprint density at radius 2 is 1.72 bits per heavy atom. The van der Waals surface area contributed by atoms with E-state index in [0.717, 1.165) is 9.87 Å². The van der Waals surface area contributed by atoms with E-state index in [0.29, 0.717) is 11.3 Å². The van der Waals surface area contributed by atoms with E-state index < -0.39 is 34.5 Å². The van der Waals surface area contributed by atoms with Crippen LogP contribution in [0.2, 0.25) is 0 Å². The summed E-state index contributed by atoms with van der Waals surface area (Å²) in [6.45, 7) is 2.68. The van der Waals surface area contributed by atoms with Gasteiger partial charge in [0.15, 0.2) is 6.10 Å². The summed E-state index contributed by atoms with van der Waals surface area (Å²) < 4.78 is 30.9. The number of hydrogen-bond donors (Lipinski definition) is 1. The molecule has 0 aliphatic heterocycles. The van der Waals surface area contributed by atoms with Crippen molar-refractivity contribution in [2.45, 2.75) is 24.8 Å². The summed E-state index contributed by atoms with van der Waals surface area (Å²) in [6.07, 6.45) is -1.13. The van der Waals surface area contributed by atoms with Gasteiger partial charge in [0.1, 0.15) is 6.54 Å². The number of aryl methyl sites for hydroxylation is 1. The minimum absolute atomic E-state index is 0.0602. The molecule has 0 heterocycles. The predicted molar refractivity (Wildman–Crippen MR) is 106 cm³/mol. The van der Waals surface area contributed by atoms with Gasteiger partial charge in [0.2, 0.25) is 10.0 Å². The van der Waals surface area contributed by atoms with E-state index in [1.807, 2.05) is 13.0 Å². The van der Waals surface area contributed by atoms with E-state index in [2.05, 4.69) is 5.32 Å². The zero-order valence-electron chi connectivity index (χ0n) is 16.2. The van der Waals surface area contributed by atoms with Crippen molar-refractivity contribution in [1.82, 2.24) is 4.31 Å². The minimum atomic E-state index is -3.86. The number of carbonyl (C=O) groups is 2. The topological polar surface area (TPSA) is 117 Å². The van der Waals surface area contributed by atoms with Crippen molar-refractivity contribution in [2.75, 3.05) is 18.9 Å². The lowest BCUT2D eigenvalue weighted by Crippen LogP contribution is -2.37. The first-order valence-electron chi connectivity index (χ1n) is 8.67. The molecule has 0 aromatic heterocycles. The van der Waals surface area contributed by atoms with Crippen LogP contribution in [-0.4, -0.2) is 44.3 Å². The van der Waals surface area contributed by atoms with Gasteiger partial charge in [-0.2, -0.15) is 9.57 Å². The lowest BCUT2D eigenvalue weighted by molar-refractivity contribution is -0.153. The number of ether oxygens (including phenoxy) is 1. The van der Waals surface area contributed by atoms with Gasteiger partial charge >= 0.3 is 5.97 Å². The molecular weight excluding hydrogens is 394 g/mol. The first-order chi connectivity index (χ1) is 13.6. The van der Waals surface area contributed by atoms with E-state index in [1.165, 1.54) is 38.2 Å². The van der Waals surface area contributed by atoms with Gasteiger partial charge in [-0.15, -0.1) is 0 Å². The summed E-state index contributed by atoms with van der Waals surface area (Å²) in [5.41, 5.74) is 1.80. The second kappa shape index (κ2) is 9.32. The molecule has 0 aliphatic carbocycles. The molecule has 2 aromatic rings. The molecule has 0 bridgehead atoms. The normalized spacial score (nSPS) is 12.1. The summed E-state index contributed by atoms with van der Waals surface area (Å²) in [7, 11) is -2.59. The predicted octanol–water partition coefficient (Wildman–Crippen LogP) is 2.06. The van der Waals surface area contributed by atoms with Crippen molar-refractivity contribution in [3.8, 4) is 6.07 Å². The molecule has 152 valence electrons. The number of hydrogen-bond acceptors (Lipinski definition) is 6. The van der Waals surface area contributed by atoms with Crippen molar-refractivity contribution in [3.05, 3.63) is 59.7 Å². The number of sulfonamides is 1. The summed E-state index contributed by atoms with van der Waals surface area (Å²) in [4.78, 5) is 24.3. The van der Waals surface area contributed by atoms with Crippen LogP contribution in [-0.2, 0) is 24.3 Å². The lowest BCUT2D eigenvalue weighted by Gasteiger charge is -2.18. The average molecular weight is 415 g/mol. The molecule has 1 amide bonds. The van der Waals surface area contributed by atoms with Gasteiger partial charge in [-0.05, 0) is 50.2 Å². The molecule has 29 heavy (non-hydrogen) atoms. The standard InChI is InChI=1S/C20H21N3O5S/c1-14-4-10-18(11-5-14)29(26,27)23(3)13-19(24)28-15(2)20(25)22-17-8-6-16(12-21)7-9-17/h4-11,15H,13H2,1-3H3,(H,22,25)/t15-/m0/s1. The molecule has 0 radical (unpaired) electrons. The molecule has 1 N–H and O–H groups in total. The molecule has 1 atom stereocenters. The Morgan fingerprint density at radius 1 is 1.14 bits per heavy atom. The fraction of sp³-hybridized carbons (Fsp3) is 0.250. The van der Waals surface area contributed by atoms with Crippen LogP contribution in [0.15, 0.2) is 53.4 Å². The molecular formula is C20H21N3O5S.